The van der Waals surface area contributed by atoms with Gasteiger partial charge in [-0.2, -0.15) is 5.10 Å². The van der Waals surface area contributed by atoms with Gasteiger partial charge in [-0.25, -0.2) is 0 Å². The van der Waals surface area contributed by atoms with Crippen molar-refractivity contribution in [1.29, 1.82) is 0 Å². The molecule has 1 saturated heterocycles. The van der Waals surface area contributed by atoms with Crippen LogP contribution in [0.15, 0.2) is 121 Å². The second-order valence-corrected chi connectivity index (χ2v) is 9.67. The molecule has 0 atom stereocenters. The lowest BCUT2D eigenvalue weighted by atomic mass is 10.2. The van der Waals surface area contributed by atoms with Crippen molar-refractivity contribution in [2.75, 3.05) is 0 Å². The van der Waals surface area contributed by atoms with E-state index in [-0.39, 0.29) is 12.5 Å². The van der Waals surface area contributed by atoms with E-state index in [0.29, 0.717) is 21.6 Å². The van der Waals surface area contributed by atoms with Crippen molar-refractivity contribution in [2.45, 2.75) is 6.54 Å². The molecule has 1 aromatic heterocycles. The lowest BCUT2D eigenvalue weighted by Crippen LogP contribution is -2.28. The van der Waals surface area contributed by atoms with Crippen molar-refractivity contribution in [2.24, 2.45) is 10.2 Å². The van der Waals surface area contributed by atoms with Crippen LogP contribution in [0.3, 0.4) is 0 Å². The fraction of sp³-hybridized carbons (Fsp3) is 0.0357. The molecule has 8 heteroatoms. The number of halogens is 1. The van der Waals surface area contributed by atoms with E-state index < -0.39 is 0 Å². The SMILES string of the molecule is O=C1/C(=C/c2ccc(Br)cc2)S/C(=N/N=C\c2cccc(Oc3ccccc3)c2)N1Cc1ccco1. The molecule has 36 heavy (non-hydrogen) atoms. The molecule has 0 saturated carbocycles. The van der Waals surface area contributed by atoms with Crippen molar-refractivity contribution >= 4 is 51.1 Å². The Bertz CT molecular complexity index is 1430. The smallest absolute Gasteiger partial charge is 0.267 e. The molecule has 1 fully saturated rings. The Hall–Kier alpha value is -3.88. The number of rotatable bonds is 7. The second kappa shape index (κ2) is 11.2. The lowest BCUT2D eigenvalue weighted by molar-refractivity contribution is -0.122. The number of benzene rings is 3. The van der Waals surface area contributed by atoms with Crippen LogP contribution in [-0.2, 0) is 11.3 Å². The Morgan fingerprint density at radius 3 is 2.50 bits per heavy atom. The third-order valence-electron chi connectivity index (χ3n) is 5.14. The minimum Gasteiger partial charge on any atom is -0.467 e. The highest BCUT2D eigenvalue weighted by Crippen LogP contribution is 2.34. The van der Waals surface area contributed by atoms with E-state index in [1.807, 2.05) is 91.0 Å². The zero-order valence-corrected chi connectivity index (χ0v) is 21.4. The molecule has 4 aromatic rings. The Kier molecular flexibility index (Phi) is 7.44. The van der Waals surface area contributed by atoms with E-state index in [1.54, 1.807) is 23.4 Å². The zero-order chi connectivity index (χ0) is 24.7. The molecule has 2 heterocycles. The standard InChI is InChI=1S/C28H20BrN3O3S/c29-22-13-11-20(12-14-22)17-26-27(33)32(19-25-10-5-15-34-25)28(36-26)31-30-18-21-6-4-9-24(16-21)35-23-7-2-1-3-8-23/h1-18H,19H2/b26-17-,30-18-,31-28+. The lowest BCUT2D eigenvalue weighted by Gasteiger charge is -2.12. The maximum absolute atomic E-state index is 13.2. The van der Waals surface area contributed by atoms with Gasteiger partial charge in [0.05, 0.1) is 23.9 Å². The van der Waals surface area contributed by atoms with Gasteiger partial charge in [0, 0.05) is 4.47 Å². The Labute approximate surface area is 221 Å². The first kappa shape index (κ1) is 23.8. The molecular formula is C28H20BrN3O3S. The normalized spacial score (nSPS) is 15.9. The number of hydrogen-bond acceptors (Lipinski definition) is 6. The first-order chi connectivity index (χ1) is 17.6. The van der Waals surface area contributed by atoms with E-state index in [1.165, 1.54) is 11.8 Å². The number of amides is 1. The molecule has 5 rings (SSSR count). The Morgan fingerprint density at radius 1 is 0.917 bits per heavy atom. The highest BCUT2D eigenvalue weighted by molar-refractivity contribution is 9.10. The molecule has 1 amide bonds. The van der Waals surface area contributed by atoms with Crippen LogP contribution in [-0.4, -0.2) is 22.2 Å². The third kappa shape index (κ3) is 6.02. The fourth-order valence-electron chi connectivity index (χ4n) is 3.42. The number of amidine groups is 1. The number of nitrogens with zero attached hydrogens (tertiary/aromatic N) is 3. The highest BCUT2D eigenvalue weighted by Gasteiger charge is 2.34. The zero-order valence-electron chi connectivity index (χ0n) is 19.0. The number of ether oxygens (including phenoxy) is 1. The first-order valence-electron chi connectivity index (χ1n) is 11.1. The largest absolute Gasteiger partial charge is 0.467 e. The van der Waals surface area contributed by atoms with Gasteiger partial charge >= 0.3 is 0 Å². The maximum Gasteiger partial charge on any atom is 0.267 e. The molecule has 6 nitrogen and oxygen atoms in total. The molecule has 0 aliphatic carbocycles. The van der Waals surface area contributed by atoms with Crippen molar-refractivity contribution in [1.82, 2.24) is 4.90 Å². The van der Waals surface area contributed by atoms with Gasteiger partial charge in [-0.3, -0.25) is 9.69 Å². The molecule has 178 valence electrons. The summed E-state index contributed by atoms with van der Waals surface area (Å²) in [6.45, 7) is 0.269. The monoisotopic (exact) mass is 557 g/mol. The van der Waals surface area contributed by atoms with Crippen LogP contribution in [0.2, 0.25) is 0 Å². The van der Waals surface area contributed by atoms with Gasteiger partial charge in [0.1, 0.15) is 17.3 Å². The van der Waals surface area contributed by atoms with Crippen LogP contribution < -0.4 is 4.74 Å². The van der Waals surface area contributed by atoms with Gasteiger partial charge in [-0.1, -0.05) is 58.4 Å². The molecule has 1 aliphatic heterocycles. The summed E-state index contributed by atoms with van der Waals surface area (Å²) in [5, 5.41) is 9.12. The summed E-state index contributed by atoms with van der Waals surface area (Å²) in [7, 11) is 0. The number of carbonyl (C=O) groups is 1. The second-order valence-electron chi connectivity index (χ2n) is 7.75. The maximum atomic E-state index is 13.2. The summed E-state index contributed by atoms with van der Waals surface area (Å²) in [6, 6.07) is 28.5. The predicted molar refractivity (Wildman–Crippen MR) is 147 cm³/mol. The van der Waals surface area contributed by atoms with Crippen molar-refractivity contribution in [3.05, 3.63) is 124 Å². The summed E-state index contributed by atoms with van der Waals surface area (Å²) in [6.07, 6.45) is 5.07. The summed E-state index contributed by atoms with van der Waals surface area (Å²) < 4.78 is 12.3. The summed E-state index contributed by atoms with van der Waals surface area (Å²) in [5.41, 5.74) is 1.75. The number of para-hydroxylation sites is 1. The first-order valence-corrected chi connectivity index (χ1v) is 12.7. The van der Waals surface area contributed by atoms with Gasteiger partial charge in [-0.15, -0.1) is 5.10 Å². The summed E-state index contributed by atoms with van der Waals surface area (Å²) in [5.74, 6) is 1.97. The summed E-state index contributed by atoms with van der Waals surface area (Å²) in [4.78, 5) is 15.3. The fourth-order valence-corrected chi connectivity index (χ4v) is 4.62. The van der Waals surface area contributed by atoms with E-state index >= 15 is 0 Å². The van der Waals surface area contributed by atoms with Gasteiger partial charge in [-0.05, 0) is 77.5 Å². The third-order valence-corrected chi connectivity index (χ3v) is 6.66. The van der Waals surface area contributed by atoms with E-state index in [4.69, 9.17) is 9.15 Å². The highest BCUT2D eigenvalue weighted by atomic mass is 79.9. The predicted octanol–water partition coefficient (Wildman–Crippen LogP) is 7.34. The van der Waals surface area contributed by atoms with Crippen LogP contribution in [0.4, 0.5) is 0 Å². The molecule has 0 unspecified atom stereocenters. The van der Waals surface area contributed by atoms with Crippen molar-refractivity contribution in [3.63, 3.8) is 0 Å². The minimum absolute atomic E-state index is 0.147. The molecule has 0 bridgehead atoms. The van der Waals surface area contributed by atoms with Gasteiger partial charge in [0.15, 0.2) is 5.17 Å². The van der Waals surface area contributed by atoms with Crippen molar-refractivity contribution in [3.8, 4) is 11.5 Å². The van der Waals surface area contributed by atoms with Gasteiger partial charge < -0.3 is 9.15 Å². The van der Waals surface area contributed by atoms with Gasteiger partial charge in [0.2, 0.25) is 0 Å². The topological polar surface area (TPSA) is 67.4 Å². The Morgan fingerprint density at radius 2 is 1.72 bits per heavy atom. The van der Waals surface area contributed by atoms with E-state index in [0.717, 1.165) is 21.3 Å². The molecule has 0 N–H and O–H groups in total. The van der Waals surface area contributed by atoms with Crippen LogP contribution in [0.5, 0.6) is 11.5 Å². The van der Waals surface area contributed by atoms with E-state index in [2.05, 4.69) is 26.1 Å². The number of thioether (sulfide) groups is 1. The average Bonchev–Trinajstić information content (AvgIpc) is 3.51. The van der Waals surface area contributed by atoms with Gasteiger partial charge in [0.25, 0.3) is 5.91 Å². The quantitative estimate of drug-likeness (QED) is 0.135. The summed E-state index contributed by atoms with van der Waals surface area (Å²) >= 11 is 4.72. The molecule has 0 radical (unpaired) electrons. The number of furan rings is 1. The van der Waals surface area contributed by atoms with Crippen molar-refractivity contribution < 1.29 is 13.9 Å². The van der Waals surface area contributed by atoms with Crippen LogP contribution in [0.1, 0.15) is 16.9 Å². The number of carbonyl (C=O) groups excluding carboxylic acids is 1. The molecular weight excluding hydrogens is 538 g/mol. The van der Waals surface area contributed by atoms with Crippen LogP contribution in [0, 0.1) is 0 Å². The molecule has 0 spiro atoms. The molecule has 3 aromatic carbocycles. The number of hydrogen-bond donors (Lipinski definition) is 0. The van der Waals surface area contributed by atoms with E-state index in [9.17, 15) is 4.79 Å². The van der Waals surface area contributed by atoms with Crippen LogP contribution in [0.25, 0.3) is 6.08 Å². The van der Waals surface area contributed by atoms with Crippen LogP contribution >= 0.6 is 27.7 Å². The average molecular weight is 558 g/mol. The molecule has 1 aliphatic rings. The Balaban J connectivity index is 1.37. The minimum atomic E-state index is -0.147.